The third kappa shape index (κ3) is 6.15. The lowest BCUT2D eigenvalue weighted by atomic mass is 10.1. The summed E-state index contributed by atoms with van der Waals surface area (Å²) >= 11 is 2.09. The van der Waals surface area contributed by atoms with Gasteiger partial charge in [-0.05, 0) is 69.9 Å². The van der Waals surface area contributed by atoms with E-state index in [1.54, 1.807) is 30.3 Å². The van der Waals surface area contributed by atoms with Gasteiger partial charge in [0.15, 0.2) is 11.5 Å². The Labute approximate surface area is 216 Å². The first-order chi connectivity index (χ1) is 17.0. The molecule has 0 bridgehead atoms. The molecule has 1 amide bonds. The van der Waals surface area contributed by atoms with Crippen molar-refractivity contribution in [2.24, 2.45) is 5.10 Å². The Bertz CT molecular complexity index is 1400. The van der Waals surface area contributed by atoms with Crippen LogP contribution in [-0.4, -0.2) is 31.7 Å². The smallest absolute Gasteiger partial charge is 0.344 e. The summed E-state index contributed by atoms with van der Waals surface area (Å²) in [4.78, 5) is 24.7. The van der Waals surface area contributed by atoms with E-state index in [0.717, 1.165) is 20.0 Å². The maximum Gasteiger partial charge on any atom is 0.344 e. The van der Waals surface area contributed by atoms with Crippen molar-refractivity contribution < 1.29 is 19.1 Å². The molecule has 4 aromatic carbocycles. The maximum absolute atomic E-state index is 12.5. The number of nitrogens with zero attached hydrogens (tertiary/aromatic N) is 1. The van der Waals surface area contributed by atoms with Gasteiger partial charge in [-0.15, -0.1) is 0 Å². The number of esters is 1. The fraction of sp³-hybridized carbons (Fsp3) is 0.0741. The van der Waals surface area contributed by atoms with Crippen LogP contribution in [0.5, 0.6) is 11.5 Å². The minimum Gasteiger partial charge on any atom is -0.493 e. The Morgan fingerprint density at radius 1 is 0.943 bits per heavy atom. The summed E-state index contributed by atoms with van der Waals surface area (Å²) in [6.07, 6.45) is 1.49. The molecule has 0 heterocycles. The molecule has 7 nitrogen and oxygen atoms in total. The molecule has 35 heavy (non-hydrogen) atoms. The van der Waals surface area contributed by atoms with Gasteiger partial charge in [-0.3, -0.25) is 4.79 Å². The van der Waals surface area contributed by atoms with Gasteiger partial charge in [0.2, 0.25) is 0 Å². The fourth-order valence-corrected chi connectivity index (χ4v) is 4.01. The van der Waals surface area contributed by atoms with E-state index in [9.17, 15) is 9.59 Å². The molecule has 4 rings (SSSR count). The predicted octanol–water partition coefficient (Wildman–Crippen LogP) is 5.23. The molecule has 2 N–H and O–H groups in total. The molecule has 8 heteroatoms. The van der Waals surface area contributed by atoms with E-state index in [4.69, 9.17) is 9.47 Å². The van der Waals surface area contributed by atoms with Crippen molar-refractivity contribution in [3.05, 3.63) is 99.6 Å². The van der Waals surface area contributed by atoms with Crippen LogP contribution in [0.4, 0.5) is 5.69 Å². The standard InChI is InChI=1S/C27H22IN3O4/c1-34-25-15-18(13-14-24(25)35-27(33)21-10-4-5-11-22(21)28)16-30-31-26(32)17-29-23-12-6-8-19-7-2-3-9-20(19)23/h2-16,29H,17H2,1H3,(H,31,32)/b30-16-. The number of rotatable bonds is 8. The van der Waals surface area contributed by atoms with Crippen molar-refractivity contribution in [2.45, 2.75) is 0 Å². The molecule has 0 aromatic heterocycles. The normalized spacial score (nSPS) is 10.8. The highest BCUT2D eigenvalue weighted by molar-refractivity contribution is 14.1. The van der Waals surface area contributed by atoms with Gasteiger partial charge in [0.05, 0.1) is 25.4 Å². The molecule has 176 valence electrons. The number of amides is 1. The summed E-state index contributed by atoms with van der Waals surface area (Å²) in [5.74, 6) is -0.0975. The largest absolute Gasteiger partial charge is 0.493 e. The van der Waals surface area contributed by atoms with Gasteiger partial charge < -0.3 is 14.8 Å². The van der Waals surface area contributed by atoms with Gasteiger partial charge >= 0.3 is 5.97 Å². The number of methoxy groups -OCH3 is 1. The number of hydrogen-bond donors (Lipinski definition) is 2. The second-order valence-corrected chi connectivity index (χ2v) is 8.62. The van der Waals surface area contributed by atoms with Crippen molar-refractivity contribution in [2.75, 3.05) is 19.0 Å². The molecule has 0 fully saturated rings. The van der Waals surface area contributed by atoms with Gasteiger partial charge in [-0.1, -0.05) is 48.5 Å². The van der Waals surface area contributed by atoms with E-state index < -0.39 is 5.97 Å². The van der Waals surface area contributed by atoms with Gasteiger partial charge in [0.1, 0.15) is 0 Å². The lowest BCUT2D eigenvalue weighted by molar-refractivity contribution is -0.119. The number of carbonyl (C=O) groups is 2. The molecule has 0 aliphatic rings. The monoisotopic (exact) mass is 579 g/mol. The van der Waals surface area contributed by atoms with Crippen LogP contribution in [0.15, 0.2) is 90.0 Å². The number of halogens is 1. The molecule has 0 unspecified atom stereocenters. The SMILES string of the molecule is COc1cc(/C=N\NC(=O)CNc2cccc3ccccc23)ccc1OC(=O)c1ccccc1I. The first-order valence-electron chi connectivity index (χ1n) is 10.7. The zero-order valence-corrected chi connectivity index (χ0v) is 21.0. The average Bonchev–Trinajstić information content (AvgIpc) is 2.88. The number of nitrogens with one attached hydrogen (secondary N) is 2. The zero-order chi connectivity index (χ0) is 24.6. The molecule has 0 atom stereocenters. The summed E-state index contributed by atoms with van der Waals surface area (Å²) < 4.78 is 11.7. The Morgan fingerprint density at radius 2 is 1.71 bits per heavy atom. The van der Waals surface area contributed by atoms with E-state index in [0.29, 0.717) is 16.9 Å². The molecule has 0 aliphatic heterocycles. The number of ether oxygens (including phenoxy) is 2. The second-order valence-electron chi connectivity index (χ2n) is 7.45. The molecular weight excluding hydrogens is 557 g/mol. The van der Waals surface area contributed by atoms with Crippen LogP contribution in [0.1, 0.15) is 15.9 Å². The van der Waals surface area contributed by atoms with Crippen molar-refractivity contribution >= 4 is 57.1 Å². The first kappa shape index (κ1) is 24.2. The average molecular weight is 579 g/mol. The number of hydrazone groups is 1. The molecule has 4 aromatic rings. The Kier molecular flexibility index (Phi) is 7.94. The summed E-state index contributed by atoms with van der Waals surface area (Å²) in [7, 11) is 1.49. The van der Waals surface area contributed by atoms with E-state index in [1.807, 2.05) is 54.6 Å². The van der Waals surface area contributed by atoms with Crippen LogP contribution < -0.4 is 20.2 Å². The van der Waals surface area contributed by atoms with Crippen LogP contribution in [0, 0.1) is 3.57 Å². The topological polar surface area (TPSA) is 89.0 Å². The van der Waals surface area contributed by atoms with Gasteiger partial charge in [-0.25, -0.2) is 10.2 Å². The van der Waals surface area contributed by atoms with Gasteiger partial charge in [0, 0.05) is 14.6 Å². The summed E-state index contributed by atoms with van der Waals surface area (Å²) in [5.41, 5.74) is 4.52. The first-order valence-corrected chi connectivity index (χ1v) is 11.8. The van der Waals surface area contributed by atoms with Crippen molar-refractivity contribution in [1.82, 2.24) is 5.43 Å². The Balaban J connectivity index is 1.35. The number of anilines is 1. The lowest BCUT2D eigenvalue weighted by Crippen LogP contribution is -2.25. The molecule has 0 saturated carbocycles. The van der Waals surface area contributed by atoms with Crippen LogP contribution in [-0.2, 0) is 4.79 Å². The Hall–Kier alpha value is -3.92. The van der Waals surface area contributed by atoms with Crippen molar-refractivity contribution in [3.63, 3.8) is 0 Å². The number of fused-ring (bicyclic) bond motifs is 1. The Morgan fingerprint density at radius 3 is 2.54 bits per heavy atom. The number of benzene rings is 4. The molecule has 0 saturated heterocycles. The third-order valence-corrected chi connectivity index (χ3v) is 6.06. The van der Waals surface area contributed by atoms with Crippen LogP contribution in [0.25, 0.3) is 10.8 Å². The highest BCUT2D eigenvalue weighted by atomic mass is 127. The van der Waals surface area contributed by atoms with Crippen LogP contribution in [0.2, 0.25) is 0 Å². The predicted molar refractivity (Wildman–Crippen MR) is 145 cm³/mol. The molecule has 0 radical (unpaired) electrons. The second kappa shape index (κ2) is 11.5. The number of hydrogen-bond acceptors (Lipinski definition) is 6. The summed E-state index contributed by atoms with van der Waals surface area (Å²) in [6, 6.07) is 26.0. The van der Waals surface area contributed by atoms with E-state index in [1.165, 1.54) is 13.3 Å². The molecule has 0 spiro atoms. The number of carbonyl (C=O) groups excluding carboxylic acids is 2. The molecule has 0 aliphatic carbocycles. The van der Waals surface area contributed by atoms with E-state index >= 15 is 0 Å². The van der Waals surface area contributed by atoms with Crippen molar-refractivity contribution in [1.29, 1.82) is 0 Å². The minimum absolute atomic E-state index is 0.0713. The van der Waals surface area contributed by atoms with Crippen LogP contribution in [0.3, 0.4) is 0 Å². The third-order valence-electron chi connectivity index (χ3n) is 5.12. The summed E-state index contributed by atoms with van der Waals surface area (Å²) in [6.45, 7) is 0.0713. The molecular formula is C27H22IN3O4. The highest BCUT2D eigenvalue weighted by Gasteiger charge is 2.15. The van der Waals surface area contributed by atoms with E-state index in [-0.39, 0.29) is 18.2 Å². The lowest BCUT2D eigenvalue weighted by Gasteiger charge is -2.10. The maximum atomic E-state index is 12.5. The van der Waals surface area contributed by atoms with Gasteiger partial charge in [0.25, 0.3) is 5.91 Å². The quantitative estimate of drug-likeness (QED) is 0.0981. The van der Waals surface area contributed by atoms with E-state index in [2.05, 4.69) is 38.4 Å². The van der Waals surface area contributed by atoms with Gasteiger partial charge in [-0.2, -0.15) is 5.10 Å². The fourth-order valence-electron chi connectivity index (χ4n) is 3.40. The summed E-state index contributed by atoms with van der Waals surface area (Å²) in [5, 5.41) is 9.29. The highest BCUT2D eigenvalue weighted by Crippen LogP contribution is 2.29. The van der Waals surface area contributed by atoms with Crippen LogP contribution >= 0.6 is 22.6 Å². The van der Waals surface area contributed by atoms with Crippen molar-refractivity contribution in [3.8, 4) is 11.5 Å². The minimum atomic E-state index is -0.472. The zero-order valence-electron chi connectivity index (χ0n) is 18.8.